The summed E-state index contributed by atoms with van der Waals surface area (Å²) in [5, 5.41) is 3.33. The predicted octanol–water partition coefficient (Wildman–Crippen LogP) is 2.66. The largest absolute Gasteiger partial charge is 0.355 e. The number of ether oxygens (including phenoxy) is 1. The number of halogens is 2. The Morgan fingerprint density at radius 2 is 2.29 bits per heavy atom. The lowest BCUT2D eigenvalue weighted by Gasteiger charge is -2.24. The van der Waals surface area contributed by atoms with Crippen LogP contribution in [0, 0.1) is 0 Å². The number of hydrogen-bond donors (Lipinski definition) is 1. The first kappa shape index (κ1) is 12.0. The van der Waals surface area contributed by atoms with E-state index < -0.39 is 0 Å². The fraction of sp³-hybridized carbons (Fsp3) is 0.400. The SMILES string of the molecule is CC1(c2cccc(Br)c2)NCCO1.Cl. The fourth-order valence-electron chi connectivity index (χ4n) is 1.57. The molecular weight excluding hydrogens is 265 g/mol. The van der Waals surface area contributed by atoms with E-state index in [1.807, 2.05) is 12.1 Å². The second-order valence-electron chi connectivity index (χ2n) is 3.32. The molecule has 2 rings (SSSR count). The van der Waals surface area contributed by atoms with E-state index in [0.29, 0.717) is 0 Å². The highest BCUT2D eigenvalue weighted by molar-refractivity contribution is 9.10. The maximum atomic E-state index is 5.65. The van der Waals surface area contributed by atoms with Crippen LogP contribution < -0.4 is 5.32 Å². The molecule has 1 unspecified atom stereocenters. The summed E-state index contributed by atoms with van der Waals surface area (Å²) in [4.78, 5) is 0. The highest BCUT2D eigenvalue weighted by Crippen LogP contribution is 2.27. The van der Waals surface area contributed by atoms with Gasteiger partial charge in [0, 0.05) is 11.0 Å². The average molecular weight is 279 g/mol. The van der Waals surface area contributed by atoms with E-state index in [1.54, 1.807) is 0 Å². The van der Waals surface area contributed by atoms with Crippen LogP contribution >= 0.6 is 28.3 Å². The van der Waals surface area contributed by atoms with Crippen LogP contribution in [0.5, 0.6) is 0 Å². The molecule has 1 N–H and O–H groups in total. The Bertz CT molecular complexity index is 313. The second kappa shape index (κ2) is 4.62. The van der Waals surface area contributed by atoms with Crippen molar-refractivity contribution in [3.05, 3.63) is 34.3 Å². The van der Waals surface area contributed by atoms with Crippen molar-refractivity contribution in [1.29, 1.82) is 0 Å². The lowest BCUT2D eigenvalue weighted by Crippen LogP contribution is -2.34. The summed E-state index contributed by atoms with van der Waals surface area (Å²) in [7, 11) is 0. The van der Waals surface area contributed by atoms with Gasteiger partial charge in [0.25, 0.3) is 0 Å². The van der Waals surface area contributed by atoms with Crippen molar-refractivity contribution < 1.29 is 4.74 Å². The molecule has 0 bridgehead atoms. The van der Waals surface area contributed by atoms with Gasteiger partial charge >= 0.3 is 0 Å². The van der Waals surface area contributed by atoms with E-state index in [-0.39, 0.29) is 18.1 Å². The summed E-state index contributed by atoms with van der Waals surface area (Å²) in [5.74, 6) is 0. The lowest BCUT2D eigenvalue weighted by molar-refractivity contribution is 0.00243. The minimum atomic E-state index is -0.302. The van der Waals surface area contributed by atoms with Crippen LogP contribution in [0.15, 0.2) is 28.7 Å². The van der Waals surface area contributed by atoms with Crippen molar-refractivity contribution in [3.8, 4) is 0 Å². The Morgan fingerprint density at radius 1 is 1.50 bits per heavy atom. The van der Waals surface area contributed by atoms with Crippen molar-refractivity contribution in [1.82, 2.24) is 5.32 Å². The zero-order chi connectivity index (χ0) is 9.31. The summed E-state index contributed by atoms with van der Waals surface area (Å²) in [5.41, 5.74) is 0.864. The maximum absolute atomic E-state index is 5.65. The third-order valence-corrected chi connectivity index (χ3v) is 2.82. The first-order chi connectivity index (χ1) is 6.21. The summed E-state index contributed by atoms with van der Waals surface area (Å²) in [6, 6.07) is 8.19. The minimum absolute atomic E-state index is 0. The predicted molar refractivity (Wildman–Crippen MR) is 62.7 cm³/mol. The Morgan fingerprint density at radius 3 is 2.86 bits per heavy atom. The quantitative estimate of drug-likeness (QED) is 0.853. The molecule has 1 aromatic rings. The van der Waals surface area contributed by atoms with Crippen LogP contribution in [0.25, 0.3) is 0 Å². The maximum Gasteiger partial charge on any atom is 0.142 e. The molecule has 0 radical (unpaired) electrons. The Balaban J connectivity index is 0.000000980. The molecule has 0 aliphatic carbocycles. The van der Waals surface area contributed by atoms with E-state index in [4.69, 9.17) is 4.74 Å². The number of nitrogens with one attached hydrogen (secondary N) is 1. The normalized spacial score (nSPS) is 25.9. The molecule has 4 heteroatoms. The van der Waals surface area contributed by atoms with Gasteiger partial charge in [0.2, 0.25) is 0 Å². The van der Waals surface area contributed by atoms with Crippen LogP contribution in [-0.2, 0) is 10.5 Å². The molecule has 1 atom stereocenters. The fourth-order valence-corrected chi connectivity index (χ4v) is 1.97. The van der Waals surface area contributed by atoms with Crippen LogP contribution in [0.4, 0.5) is 0 Å². The van der Waals surface area contributed by atoms with E-state index in [2.05, 4.69) is 40.3 Å². The van der Waals surface area contributed by atoms with Gasteiger partial charge in [0.05, 0.1) is 6.61 Å². The van der Waals surface area contributed by atoms with E-state index >= 15 is 0 Å². The molecule has 14 heavy (non-hydrogen) atoms. The molecule has 1 heterocycles. The highest BCUT2D eigenvalue weighted by atomic mass is 79.9. The third-order valence-electron chi connectivity index (χ3n) is 2.33. The van der Waals surface area contributed by atoms with Gasteiger partial charge < -0.3 is 4.74 Å². The first-order valence-corrected chi connectivity index (χ1v) is 5.15. The zero-order valence-electron chi connectivity index (χ0n) is 7.92. The molecule has 1 aliphatic heterocycles. The van der Waals surface area contributed by atoms with Crippen molar-refractivity contribution in [2.24, 2.45) is 0 Å². The van der Waals surface area contributed by atoms with Gasteiger partial charge in [-0.3, -0.25) is 5.32 Å². The molecule has 0 saturated carbocycles. The Kier molecular flexibility index (Phi) is 3.95. The molecule has 0 spiro atoms. The van der Waals surface area contributed by atoms with Crippen LogP contribution in [0.1, 0.15) is 12.5 Å². The lowest BCUT2D eigenvalue weighted by atomic mass is 10.1. The summed E-state index contributed by atoms with van der Waals surface area (Å²) in [6.45, 7) is 3.76. The number of rotatable bonds is 1. The number of hydrogen-bond acceptors (Lipinski definition) is 2. The summed E-state index contributed by atoms with van der Waals surface area (Å²) < 4.78 is 6.74. The van der Waals surface area contributed by atoms with E-state index in [1.165, 1.54) is 5.56 Å². The van der Waals surface area contributed by atoms with Gasteiger partial charge in [-0.2, -0.15) is 0 Å². The van der Waals surface area contributed by atoms with Crippen LogP contribution in [-0.4, -0.2) is 13.2 Å². The highest BCUT2D eigenvalue weighted by Gasteiger charge is 2.30. The second-order valence-corrected chi connectivity index (χ2v) is 4.23. The monoisotopic (exact) mass is 277 g/mol. The van der Waals surface area contributed by atoms with Crippen LogP contribution in [0.2, 0.25) is 0 Å². The van der Waals surface area contributed by atoms with Crippen molar-refractivity contribution >= 4 is 28.3 Å². The summed E-state index contributed by atoms with van der Waals surface area (Å²) in [6.07, 6.45) is 0. The van der Waals surface area contributed by atoms with Gasteiger partial charge in [-0.15, -0.1) is 12.4 Å². The topological polar surface area (TPSA) is 21.3 Å². The van der Waals surface area contributed by atoms with Gasteiger partial charge in [-0.25, -0.2) is 0 Å². The molecule has 1 aromatic carbocycles. The van der Waals surface area contributed by atoms with Gasteiger partial charge in [-0.05, 0) is 24.6 Å². The smallest absolute Gasteiger partial charge is 0.142 e. The van der Waals surface area contributed by atoms with E-state index in [9.17, 15) is 0 Å². The molecular formula is C10H13BrClNO. The van der Waals surface area contributed by atoms with Crippen molar-refractivity contribution in [2.75, 3.05) is 13.2 Å². The average Bonchev–Trinajstić information content (AvgIpc) is 2.54. The number of benzene rings is 1. The molecule has 1 aliphatic rings. The zero-order valence-corrected chi connectivity index (χ0v) is 10.3. The van der Waals surface area contributed by atoms with Gasteiger partial charge in [-0.1, -0.05) is 28.1 Å². The summed E-state index contributed by atoms with van der Waals surface area (Å²) >= 11 is 3.45. The van der Waals surface area contributed by atoms with Gasteiger partial charge in [0.1, 0.15) is 5.72 Å². The van der Waals surface area contributed by atoms with Gasteiger partial charge in [0.15, 0.2) is 0 Å². The molecule has 0 aromatic heterocycles. The van der Waals surface area contributed by atoms with Crippen LogP contribution in [0.3, 0.4) is 0 Å². The first-order valence-electron chi connectivity index (χ1n) is 4.36. The standard InChI is InChI=1S/C10H12BrNO.ClH/c1-10(12-5-6-13-10)8-3-2-4-9(11)7-8;/h2-4,7,12H,5-6H2,1H3;1H. The molecule has 1 fully saturated rings. The minimum Gasteiger partial charge on any atom is -0.355 e. The Hall–Kier alpha value is -0.0900. The molecule has 2 nitrogen and oxygen atoms in total. The third kappa shape index (κ3) is 2.28. The molecule has 78 valence electrons. The van der Waals surface area contributed by atoms with Crippen molar-refractivity contribution in [2.45, 2.75) is 12.6 Å². The molecule has 0 amide bonds. The van der Waals surface area contributed by atoms with Crippen molar-refractivity contribution in [3.63, 3.8) is 0 Å². The Labute approximate surface area is 98.6 Å². The van der Waals surface area contributed by atoms with E-state index in [0.717, 1.165) is 17.6 Å². The molecule has 1 saturated heterocycles.